The number of fused-ring (bicyclic) bond motifs is 1. The Hall–Kier alpha value is -0.370. The van der Waals surface area contributed by atoms with E-state index in [9.17, 15) is 9.90 Å². The van der Waals surface area contributed by atoms with Gasteiger partial charge in [0.15, 0.2) is 0 Å². The summed E-state index contributed by atoms with van der Waals surface area (Å²) in [7, 11) is 0. The van der Waals surface area contributed by atoms with Crippen molar-refractivity contribution in [1.29, 1.82) is 0 Å². The van der Waals surface area contributed by atoms with Gasteiger partial charge in [-0.05, 0) is 39.0 Å². The quantitative estimate of drug-likeness (QED) is 0.597. The van der Waals surface area contributed by atoms with E-state index >= 15 is 0 Å². The third-order valence-corrected chi connectivity index (χ3v) is 3.90. The zero-order valence-electron chi connectivity index (χ0n) is 7.60. The highest BCUT2D eigenvalue weighted by Gasteiger charge is 2.56. The molecule has 0 aromatic carbocycles. The van der Waals surface area contributed by atoms with Crippen molar-refractivity contribution in [1.82, 2.24) is 0 Å². The fourth-order valence-corrected chi connectivity index (χ4v) is 2.86. The van der Waals surface area contributed by atoms with Crippen molar-refractivity contribution in [2.75, 3.05) is 0 Å². The van der Waals surface area contributed by atoms with Gasteiger partial charge < -0.3 is 5.11 Å². The fraction of sp³-hybridized carbons (Fsp3) is 0.900. The maximum absolute atomic E-state index is 11.6. The molecule has 0 spiro atoms. The largest absolute Gasteiger partial charge is 0.389 e. The Morgan fingerprint density at radius 2 is 1.92 bits per heavy atom. The molecule has 2 rings (SSSR count). The van der Waals surface area contributed by atoms with Crippen LogP contribution in [0.15, 0.2) is 0 Å². The smallest absolute Gasteiger partial charge is 0.141 e. The minimum atomic E-state index is -0.650. The van der Waals surface area contributed by atoms with E-state index in [1.807, 2.05) is 6.92 Å². The second-order valence-corrected chi connectivity index (χ2v) is 4.49. The lowest BCUT2D eigenvalue weighted by molar-refractivity contribution is -0.149. The van der Waals surface area contributed by atoms with Crippen LogP contribution in [0.4, 0.5) is 0 Å². The first kappa shape index (κ1) is 8.24. The van der Waals surface area contributed by atoms with Crippen LogP contribution < -0.4 is 0 Å². The van der Waals surface area contributed by atoms with Gasteiger partial charge in [-0.3, -0.25) is 4.79 Å². The number of hydrogen-bond acceptors (Lipinski definition) is 2. The second kappa shape index (κ2) is 2.32. The topological polar surface area (TPSA) is 37.3 Å². The first-order valence-corrected chi connectivity index (χ1v) is 4.84. The summed E-state index contributed by atoms with van der Waals surface area (Å²) in [6.07, 6.45) is 5.12. The van der Waals surface area contributed by atoms with Gasteiger partial charge in [0.25, 0.3) is 0 Å². The molecule has 0 aromatic rings. The monoisotopic (exact) mass is 168 g/mol. The van der Waals surface area contributed by atoms with Crippen LogP contribution in [0.2, 0.25) is 0 Å². The highest BCUT2D eigenvalue weighted by molar-refractivity contribution is 5.87. The summed E-state index contributed by atoms with van der Waals surface area (Å²) in [4.78, 5) is 11.6. The molecule has 12 heavy (non-hydrogen) atoms. The first-order valence-electron chi connectivity index (χ1n) is 4.84. The SMILES string of the molecule is C[C@@]12CCC[C@]1(O)CCCC2=O. The molecule has 0 aromatic heterocycles. The number of rotatable bonds is 0. The van der Waals surface area contributed by atoms with Crippen molar-refractivity contribution in [3.05, 3.63) is 0 Å². The Bertz CT molecular complexity index is 224. The lowest BCUT2D eigenvalue weighted by atomic mass is 9.65. The zero-order valence-corrected chi connectivity index (χ0v) is 7.60. The van der Waals surface area contributed by atoms with Crippen LogP contribution in [0.3, 0.4) is 0 Å². The summed E-state index contributed by atoms with van der Waals surface area (Å²) >= 11 is 0. The number of carbonyl (C=O) groups is 1. The molecule has 0 radical (unpaired) electrons. The molecular formula is C10H16O2. The Labute approximate surface area is 73.0 Å². The summed E-state index contributed by atoms with van der Waals surface area (Å²) < 4.78 is 0. The van der Waals surface area contributed by atoms with Crippen LogP contribution >= 0.6 is 0 Å². The molecule has 0 aliphatic heterocycles. The molecule has 2 atom stereocenters. The molecule has 2 fully saturated rings. The molecule has 2 aliphatic rings. The highest BCUT2D eigenvalue weighted by Crippen LogP contribution is 2.52. The van der Waals surface area contributed by atoms with Gasteiger partial charge in [0.2, 0.25) is 0 Å². The Kier molecular flexibility index (Phi) is 1.59. The molecule has 2 aliphatic carbocycles. The Morgan fingerprint density at radius 1 is 1.25 bits per heavy atom. The summed E-state index contributed by atoms with van der Waals surface area (Å²) in [5, 5.41) is 10.2. The number of hydrogen-bond donors (Lipinski definition) is 1. The lowest BCUT2D eigenvalue weighted by Crippen LogP contribution is -2.50. The van der Waals surface area contributed by atoms with Gasteiger partial charge in [0.05, 0.1) is 11.0 Å². The molecule has 0 heterocycles. The minimum absolute atomic E-state index is 0.286. The normalized spacial score (nSPS) is 47.7. The van der Waals surface area contributed by atoms with E-state index in [1.54, 1.807) is 0 Å². The zero-order chi connectivity index (χ0) is 8.82. The average Bonchev–Trinajstić information content (AvgIpc) is 2.30. The lowest BCUT2D eigenvalue weighted by Gasteiger charge is -2.42. The number of aliphatic hydroxyl groups is 1. The maximum atomic E-state index is 11.6. The second-order valence-electron chi connectivity index (χ2n) is 4.49. The fourth-order valence-electron chi connectivity index (χ4n) is 2.86. The van der Waals surface area contributed by atoms with Gasteiger partial charge in [-0.2, -0.15) is 0 Å². The van der Waals surface area contributed by atoms with E-state index in [-0.39, 0.29) is 5.78 Å². The van der Waals surface area contributed by atoms with Crippen LogP contribution in [-0.2, 0) is 4.79 Å². The van der Waals surface area contributed by atoms with Crippen molar-refractivity contribution >= 4 is 5.78 Å². The van der Waals surface area contributed by atoms with Crippen LogP contribution in [0.5, 0.6) is 0 Å². The Morgan fingerprint density at radius 3 is 2.58 bits per heavy atom. The third kappa shape index (κ3) is 0.817. The van der Waals surface area contributed by atoms with Crippen LogP contribution in [0.1, 0.15) is 45.4 Å². The van der Waals surface area contributed by atoms with Gasteiger partial charge in [-0.25, -0.2) is 0 Å². The van der Waals surface area contributed by atoms with Crippen LogP contribution in [0, 0.1) is 5.41 Å². The predicted molar refractivity (Wildman–Crippen MR) is 45.8 cm³/mol. The van der Waals surface area contributed by atoms with Crippen molar-refractivity contribution in [3.63, 3.8) is 0 Å². The van der Waals surface area contributed by atoms with Gasteiger partial charge >= 0.3 is 0 Å². The summed E-state index contributed by atoms with van der Waals surface area (Å²) in [6, 6.07) is 0. The van der Waals surface area contributed by atoms with Crippen LogP contribution in [0.25, 0.3) is 0 Å². The van der Waals surface area contributed by atoms with Gasteiger partial charge in [-0.1, -0.05) is 0 Å². The number of Topliss-reactive ketones (excluding diaryl/α,β-unsaturated/α-hetero) is 1. The van der Waals surface area contributed by atoms with Crippen LogP contribution in [-0.4, -0.2) is 16.5 Å². The van der Waals surface area contributed by atoms with Crippen molar-refractivity contribution in [3.8, 4) is 0 Å². The van der Waals surface area contributed by atoms with E-state index in [1.165, 1.54) is 0 Å². The van der Waals surface area contributed by atoms with E-state index in [4.69, 9.17) is 0 Å². The third-order valence-electron chi connectivity index (χ3n) is 3.90. The van der Waals surface area contributed by atoms with Crippen molar-refractivity contribution in [2.24, 2.45) is 5.41 Å². The predicted octanol–water partition coefficient (Wildman–Crippen LogP) is 1.66. The van der Waals surface area contributed by atoms with Gasteiger partial charge in [0.1, 0.15) is 5.78 Å². The molecule has 0 unspecified atom stereocenters. The number of carbonyl (C=O) groups excluding carboxylic acids is 1. The molecule has 2 nitrogen and oxygen atoms in total. The van der Waals surface area contributed by atoms with E-state index in [0.29, 0.717) is 6.42 Å². The summed E-state index contributed by atoms with van der Waals surface area (Å²) in [6.45, 7) is 1.95. The molecule has 0 amide bonds. The Balaban J connectivity index is 2.36. The highest BCUT2D eigenvalue weighted by atomic mass is 16.3. The molecule has 1 N–H and O–H groups in total. The van der Waals surface area contributed by atoms with Crippen molar-refractivity contribution < 1.29 is 9.90 Å². The average molecular weight is 168 g/mol. The molecule has 68 valence electrons. The van der Waals surface area contributed by atoms with E-state index < -0.39 is 11.0 Å². The maximum Gasteiger partial charge on any atom is 0.141 e. The molecule has 0 saturated heterocycles. The molecular weight excluding hydrogens is 152 g/mol. The molecule has 2 heteroatoms. The standard InChI is InChI=1S/C10H16O2/c1-9-5-3-7-10(9,12)6-2-4-8(9)11/h12H,2-7H2,1H3/t9-,10+/m0/s1. The first-order chi connectivity index (χ1) is 5.58. The summed E-state index contributed by atoms with van der Waals surface area (Å²) in [5.74, 6) is 0.286. The van der Waals surface area contributed by atoms with Crippen molar-refractivity contribution in [2.45, 2.75) is 51.0 Å². The molecule has 0 bridgehead atoms. The van der Waals surface area contributed by atoms with E-state index in [0.717, 1.165) is 32.1 Å². The van der Waals surface area contributed by atoms with E-state index in [2.05, 4.69) is 0 Å². The molecule has 2 saturated carbocycles. The van der Waals surface area contributed by atoms with Gasteiger partial charge in [-0.15, -0.1) is 0 Å². The summed E-state index contributed by atoms with van der Waals surface area (Å²) in [5.41, 5.74) is -1.05. The minimum Gasteiger partial charge on any atom is -0.389 e. The number of ketones is 1. The van der Waals surface area contributed by atoms with Gasteiger partial charge in [0, 0.05) is 6.42 Å².